The average Bonchev–Trinajstić information content (AvgIpc) is 2.46. The molecule has 1 atom stereocenters. The van der Waals surface area contributed by atoms with Gasteiger partial charge in [0.05, 0.1) is 13.0 Å². The Kier molecular flexibility index (Phi) is 4.74. The Hall–Kier alpha value is -1.88. The number of rotatable bonds is 5. The number of benzene rings is 1. The van der Waals surface area contributed by atoms with Crippen LogP contribution >= 0.6 is 0 Å². The Bertz CT molecular complexity index is 500. The largest absolute Gasteiger partial charge is 0.480 e. The Morgan fingerprint density at radius 1 is 1.35 bits per heavy atom. The quantitative estimate of drug-likeness (QED) is 0.827. The maximum absolute atomic E-state index is 12.2. The number of aliphatic carboxylic acids is 1. The van der Waals surface area contributed by atoms with E-state index in [1.54, 1.807) is 0 Å². The lowest BCUT2D eigenvalue weighted by Crippen LogP contribution is -2.48. The van der Waals surface area contributed by atoms with Gasteiger partial charge in [-0.25, -0.2) is 4.79 Å². The molecule has 1 aliphatic rings. The lowest BCUT2D eigenvalue weighted by Gasteiger charge is -2.34. The topological polar surface area (TPSA) is 66.8 Å². The highest BCUT2D eigenvalue weighted by molar-refractivity contribution is 5.84. The van der Waals surface area contributed by atoms with Gasteiger partial charge in [-0.2, -0.15) is 0 Å². The number of carbonyl (C=O) groups excluding carboxylic acids is 1. The standard InChI is InChI=1S/C15H19NO4/c1-2-20-8-7-14(17)16-10-12-6-4-3-5-11(12)9-13(16)15(18)19/h3-6,13H,2,7-10H2,1H3,(H,18,19). The van der Waals surface area contributed by atoms with Gasteiger partial charge in [-0.1, -0.05) is 24.3 Å². The van der Waals surface area contributed by atoms with Gasteiger partial charge in [0.25, 0.3) is 0 Å². The maximum atomic E-state index is 12.2. The molecule has 1 aromatic rings. The third kappa shape index (κ3) is 3.17. The first-order valence-corrected chi connectivity index (χ1v) is 6.80. The molecule has 1 aliphatic heterocycles. The van der Waals surface area contributed by atoms with E-state index in [0.717, 1.165) is 11.1 Å². The summed E-state index contributed by atoms with van der Waals surface area (Å²) in [7, 11) is 0. The number of hydrogen-bond donors (Lipinski definition) is 1. The number of nitrogens with zero attached hydrogens (tertiary/aromatic N) is 1. The van der Waals surface area contributed by atoms with Crippen molar-refractivity contribution in [3.63, 3.8) is 0 Å². The minimum absolute atomic E-state index is 0.166. The zero-order valence-corrected chi connectivity index (χ0v) is 11.5. The second kappa shape index (κ2) is 6.52. The number of carbonyl (C=O) groups is 2. The lowest BCUT2D eigenvalue weighted by atomic mass is 9.94. The van der Waals surface area contributed by atoms with Crippen molar-refractivity contribution >= 4 is 11.9 Å². The highest BCUT2D eigenvalue weighted by atomic mass is 16.5. The van der Waals surface area contributed by atoms with Crippen LogP contribution in [0.1, 0.15) is 24.5 Å². The molecule has 1 amide bonds. The van der Waals surface area contributed by atoms with Crippen molar-refractivity contribution in [3.8, 4) is 0 Å². The van der Waals surface area contributed by atoms with Crippen LogP contribution in [0, 0.1) is 0 Å². The van der Waals surface area contributed by atoms with E-state index in [9.17, 15) is 14.7 Å². The smallest absolute Gasteiger partial charge is 0.326 e. The summed E-state index contributed by atoms with van der Waals surface area (Å²) in [4.78, 5) is 25.0. The minimum atomic E-state index is -0.954. The van der Waals surface area contributed by atoms with Crippen molar-refractivity contribution < 1.29 is 19.4 Å². The van der Waals surface area contributed by atoms with Crippen molar-refractivity contribution in [2.75, 3.05) is 13.2 Å². The molecule has 0 aromatic heterocycles. The molecule has 5 nitrogen and oxygen atoms in total. The molecular formula is C15H19NO4. The molecule has 0 saturated carbocycles. The predicted octanol–water partition coefficient (Wildman–Crippen LogP) is 1.45. The molecular weight excluding hydrogens is 258 g/mol. The molecule has 0 fully saturated rings. The van der Waals surface area contributed by atoms with E-state index < -0.39 is 12.0 Å². The first-order valence-electron chi connectivity index (χ1n) is 6.80. The molecule has 20 heavy (non-hydrogen) atoms. The van der Waals surface area contributed by atoms with E-state index in [2.05, 4.69) is 0 Å². The summed E-state index contributed by atoms with van der Waals surface area (Å²) in [6.45, 7) is 3.11. The Morgan fingerprint density at radius 3 is 2.70 bits per heavy atom. The van der Waals surface area contributed by atoms with Crippen molar-refractivity contribution in [2.24, 2.45) is 0 Å². The van der Waals surface area contributed by atoms with E-state index in [4.69, 9.17) is 4.74 Å². The van der Waals surface area contributed by atoms with Crippen molar-refractivity contribution in [2.45, 2.75) is 32.4 Å². The molecule has 5 heteroatoms. The van der Waals surface area contributed by atoms with Crippen LogP contribution in [-0.2, 0) is 27.3 Å². The molecule has 1 N–H and O–H groups in total. The van der Waals surface area contributed by atoms with Gasteiger partial charge in [-0.15, -0.1) is 0 Å². The maximum Gasteiger partial charge on any atom is 0.326 e. The molecule has 1 aromatic carbocycles. The first kappa shape index (κ1) is 14.5. The summed E-state index contributed by atoms with van der Waals surface area (Å²) in [5.74, 6) is -1.12. The molecule has 0 radical (unpaired) electrons. The van der Waals surface area contributed by atoms with Crippen LogP contribution in [0.3, 0.4) is 0 Å². The van der Waals surface area contributed by atoms with Crippen molar-refractivity contribution in [1.82, 2.24) is 4.90 Å². The molecule has 108 valence electrons. The minimum Gasteiger partial charge on any atom is -0.480 e. The fraction of sp³-hybridized carbons (Fsp3) is 0.467. The summed E-state index contributed by atoms with van der Waals surface area (Å²) in [5, 5.41) is 9.33. The van der Waals surface area contributed by atoms with Crippen LogP contribution in [0.5, 0.6) is 0 Å². The number of fused-ring (bicyclic) bond motifs is 1. The van der Waals surface area contributed by atoms with E-state index >= 15 is 0 Å². The second-order valence-corrected chi connectivity index (χ2v) is 4.80. The second-order valence-electron chi connectivity index (χ2n) is 4.80. The fourth-order valence-electron chi connectivity index (χ4n) is 2.45. The van der Waals surface area contributed by atoms with E-state index in [-0.39, 0.29) is 12.3 Å². The number of ether oxygens (including phenoxy) is 1. The molecule has 0 saturated heterocycles. The van der Waals surface area contributed by atoms with E-state index in [0.29, 0.717) is 26.2 Å². The number of carboxylic acids is 1. The zero-order valence-electron chi connectivity index (χ0n) is 11.5. The van der Waals surface area contributed by atoms with Gasteiger partial charge in [0.1, 0.15) is 6.04 Å². The third-order valence-corrected chi connectivity index (χ3v) is 3.52. The predicted molar refractivity (Wildman–Crippen MR) is 73.2 cm³/mol. The highest BCUT2D eigenvalue weighted by Gasteiger charge is 2.33. The first-order chi connectivity index (χ1) is 9.63. The van der Waals surface area contributed by atoms with E-state index in [1.807, 2.05) is 31.2 Å². The summed E-state index contributed by atoms with van der Waals surface area (Å²) in [6.07, 6.45) is 0.589. The summed E-state index contributed by atoms with van der Waals surface area (Å²) < 4.78 is 5.17. The Morgan fingerprint density at radius 2 is 2.05 bits per heavy atom. The number of amides is 1. The monoisotopic (exact) mass is 277 g/mol. The number of hydrogen-bond acceptors (Lipinski definition) is 3. The molecule has 0 aliphatic carbocycles. The fourth-order valence-corrected chi connectivity index (χ4v) is 2.45. The SMILES string of the molecule is CCOCCC(=O)N1Cc2ccccc2CC1C(=O)O. The van der Waals surface area contributed by atoms with Crippen LogP contribution in [0.15, 0.2) is 24.3 Å². The summed E-state index contributed by atoms with van der Waals surface area (Å²) in [5.41, 5.74) is 2.03. The average molecular weight is 277 g/mol. The van der Waals surface area contributed by atoms with Crippen LogP contribution in [-0.4, -0.2) is 41.1 Å². The lowest BCUT2D eigenvalue weighted by molar-refractivity contribution is -0.151. The van der Waals surface area contributed by atoms with Gasteiger partial charge >= 0.3 is 5.97 Å². The molecule has 1 heterocycles. The van der Waals surface area contributed by atoms with Gasteiger partial charge in [0.2, 0.25) is 5.91 Å². The zero-order chi connectivity index (χ0) is 14.5. The summed E-state index contributed by atoms with van der Waals surface area (Å²) in [6, 6.07) is 6.88. The van der Waals surface area contributed by atoms with Crippen LogP contribution in [0.2, 0.25) is 0 Å². The highest BCUT2D eigenvalue weighted by Crippen LogP contribution is 2.24. The van der Waals surface area contributed by atoms with Crippen LogP contribution < -0.4 is 0 Å². The Labute approximate surface area is 118 Å². The molecule has 0 bridgehead atoms. The third-order valence-electron chi connectivity index (χ3n) is 3.52. The number of carboxylic acid groups (broad SMARTS) is 1. The summed E-state index contributed by atoms with van der Waals surface area (Å²) >= 11 is 0. The Balaban J connectivity index is 2.13. The molecule has 1 unspecified atom stereocenters. The molecule has 0 spiro atoms. The van der Waals surface area contributed by atoms with E-state index in [1.165, 1.54) is 4.90 Å². The van der Waals surface area contributed by atoms with Gasteiger partial charge in [-0.05, 0) is 18.1 Å². The van der Waals surface area contributed by atoms with Gasteiger partial charge in [0, 0.05) is 19.6 Å². The van der Waals surface area contributed by atoms with Crippen LogP contribution in [0.4, 0.5) is 0 Å². The van der Waals surface area contributed by atoms with Gasteiger partial charge < -0.3 is 14.7 Å². The molecule has 2 rings (SSSR count). The van der Waals surface area contributed by atoms with Crippen molar-refractivity contribution in [3.05, 3.63) is 35.4 Å². The van der Waals surface area contributed by atoms with Gasteiger partial charge in [0.15, 0.2) is 0 Å². The van der Waals surface area contributed by atoms with Crippen molar-refractivity contribution in [1.29, 1.82) is 0 Å². The normalized spacial score (nSPS) is 17.6. The van der Waals surface area contributed by atoms with Crippen LogP contribution in [0.25, 0.3) is 0 Å². The van der Waals surface area contributed by atoms with Gasteiger partial charge in [-0.3, -0.25) is 4.79 Å².